The van der Waals surface area contributed by atoms with Gasteiger partial charge in [0.05, 0.1) is 6.61 Å². The van der Waals surface area contributed by atoms with E-state index in [0.29, 0.717) is 25.7 Å². The third-order valence-electron chi connectivity index (χ3n) is 3.07. The Labute approximate surface area is 125 Å². The van der Waals surface area contributed by atoms with Crippen molar-refractivity contribution in [3.63, 3.8) is 0 Å². The predicted octanol–water partition coefficient (Wildman–Crippen LogP) is 2.26. The van der Waals surface area contributed by atoms with Crippen LogP contribution < -0.4 is 5.32 Å². The normalized spacial score (nSPS) is 17.3. The molecule has 5 nitrogen and oxygen atoms in total. The highest BCUT2D eigenvalue weighted by atomic mass is 19.3. The number of halogens is 2. The molecule has 0 radical (unpaired) electrons. The number of amides is 1. The maximum Gasteiger partial charge on any atom is 0.410 e. The number of nitrogens with one attached hydrogen (secondary N) is 1. The third kappa shape index (κ3) is 8.16. The lowest BCUT2D eigenvalue weighted by Gasteiger charge is -2.33. The fourth-order valence-electron chi connectivity index (χ4n) is 2.10. The quantitative estimate of drug-likeness (QED) is 0.765. The lowest BCUT2D eigenvalue weighted by atomic mass is 10.1. The summed E-state index contributed by atoms with van der Waals surface area (Å²) in [5.74, 6) is 0. The molecule has 0 saturated carbocycles. The van der Waals surface area contributed by atoms with E-state index in [1.54, 1.807) is 4.90 Å². The van der Waals surface area contributed by atoms with Gasteiger partial charge in [0, 0.05) is 25.7 Å². The minimum absolute atomic E-state index is 0.274. The first-order valence-electron chi connectivity index (χ1n) is 7.35. The van der Waals surface area contributed by atoms with Crippen molar-refractivity contribution in [3.05, 3.63) is 0 Å². The second-order valence-corrected chi connectivity index (χ2v) is 6.16. The van der Waals surface area contributed by atoms with Crippen LogP contribution in [0, 0.1) is 0 Å². The van der Waals surface area contributed by atoms with Gasteiger partial charge >= 0.3 is 6.09 Å². The van der Waals surface area contributed by atoms with Crippen LogP contribution in [0.5, 0.6) is 0 Å². The average molecular weight is 308 g/mol. The van der Waals surface area contributed by atoms with Crippen molar-refractivity contribution in [2.24, 2.45) is 0 Å². The Bertz CT molecular complexity index is 314. The molecule has 1 heterocycles. The van der Waals surface area contributed by atoms with Gasteiger partial charge in [0.1, 0.15) is 12.2 Å². The Balaban J connectivity index is 2.13. The van der Waals surface area contributed by atoms with Gasteiger partial charge in [-0.3, -0.25) is 0 Å². The number of nitrogens with zero attached hydrogens (tertiary/aromatic N) is 1. The van der Waals surface area contributed by atoms with Crippen LogP contribution in [0.15, 0.2) is 0 Å². The summed E-state index contributed by atoms with van der Waals surface area (Å²) in [6, 6.07) is 0.291. The molecule has 0 aliphatic carbocycles. The average Bonchev–Trinajstić information content (AvgIpc) is 2.36. The van der Waals surface area contributed by atoms with Crippen molar-refractivity contribution in [1.29, 1.82) is 0 Å². The summed E-state index contributed by atoms with van der Waals surface area (Å²) >= 11 is 0. The van der Waals surface area contributed by atoms with E-state index in [4.69, 9.17) is 9.47 Å². The van der Waals surface area contributed by atoms with Crippen LogP contribution in [0.25, 0.3) is 0 Å². The van der Waals surface area contributed by atoms with Crippen molar-refractivity contribution in [2.45, 2.75) is 51.7 Å². The van der Waals surface area contributed by atoms with E-state index < -0.39 is 18.6 Å². The van der Waals surface area contributed by atoms with E-state index in [1.807, 2.05) is 20.8 Å². The molecule has 0 aromatic heterocycles. The van der Waals surface area contributed by atoms with E-state index in [1.165, 1.54) is 0 Å². The highest BCUT2D eigenvalue weighted by Gasteiger charge is 2.26. The van der Waals surface area contributed by atoms with E-state index in [-0.39, 0.29) is 12.7 Å². The number of piperidine rings is 1. The molecule has 0 aromatic carbocycles. The van der Waals surface area contributed by atoms with Gasteiger partial charge in [-0.2, -0.15) is 0 Å². The highest BCUT2D eigenvalue weighted by molar-refractivity contribution is 5.68. The number of likely N-dealkylation sites (tertiary alicyclic amines) is 1. The summed E-state index contributed by atoms with van der Waals surface area (Å²) in [6.45, 7) is 7.13. The first-order chi connectivity index (χ1) is 9.78. The van der Waals surface area contributed by atoms with Gasteiger partial charge in [0.25, 0.3) is 6.43 Å². The van der Waals surface area contributed by atoms with Crippen molar-refractivity contribution >= 4 is 6.09 Å². The summed E-state index contributed by atoms with van der Waals surface area (Å²) < 4.78 is 33.8. The number of rotatable bonds is 6. The summed E-state index contributed by atoms with van der Waals surface area (Å²) in [6.07, 6.45) is -1.04. The van der Waals surface area contributed by atoms with Crippen LogP contribution in [0.3, 0.4) is 0 Å². The smallest absolute Gasteiger partial charge is 0.410 e. The largest absolute Gasteiger partial charge is 0.444 e. The Morgan fingerprint density at radius 3 is 2.48 bits per heavy atom. The maximum atomic E-state index is 11.9. The standard InChI is InChI=1S/C14H26F2N2O3/c1-14(2,3)21-13(19)18-7-4-11(5-8-18)17-6-9-20-10-12(15)16/h11-12,17H,4-10H2,1-3H3. The molecular formula is C14H26F2N2O3. The molecule has 0 bridgehead atoms. The summed E-state index contributed by atoms with van der Waals surface area (Å²) in [4.78, 5) is 13.6. The first kappa shape index (κ1) is 18.1. The van der Waals surface area contributed by atoms with E-state index >= 15 is 0 Å². The van der Waals surface area contributed by atoms with Gasteiger partial charge in [-0.05, 0) is 33.6 Å². The van der Waals surface area contributed by atoms with Crippen molar-refractivity contribution in [1.82, 2.24) is 10.2 Å². The number of carbonyl (C=O) groups is 1. The van der Waals surface area contributed by atoms with E-state index in [2.05, 4.69) is 5.32 Å². The fourth-order valence-corrected chi connectivity index (χ4v) is 2.10. The number of hydrogen-bond acceptors (Lipinski definition) is 4. The maximum absolute atomic E-state index is 11.9. The summed E-state index contributed by atoms with van der Waals surface area (Å²) in [5, 5.41) is 3.25. The lowest BCUT2D eigenvalue weighted by molar-refractivity contribution is 0.0150. The van der Waals surface area contributed by atoms with E-state index in [0.717, 1.165) is 12.8 Å². The Morgan fingerprint density at radius 1 is 1.33 bits per heavy atom. The zero-order chi connectivity index (χ0) is 15.9. The topological polar surface area (TPSA) is 50.8 Å². The van der Waals surface area contributed by atoms with Crippen molar-refractivity contribution in [3.8, 4) is 0 Å². The number of carbonyl (C=O) groups excluding carboxylic acids is 1. The van der Waals surface area contributed by atoms with Gasteiger partial charge in [0.2, 0.25) is 0 Å². The Kier molecular flexibility index (Phi) is 7.31. The molecule has 1 amide bonds. The van der Waals surface area contributed by atoms with Gasteiger partial charge in [0.15, 0.2) is 0 Å². The van der Waals surface area contributed by atoms with Crippen molar-refractivity contribution in [2.75, 3.05) is 32.8 Å². The molecule has 1 aliphatic rings. The molecule has 0 unspecified atom stereocenters. The second-order valence-electron chi connectivity index (χ2n) is 6.16. The Hall–Kier alpha value is -0.950. The molecule has 1 fully saturated rings. The number of alkyl halides is 2. The predicted molar refractivity (Wildman–Crippen MR) is 75.7 cm³/mol. The zero-order valence-electron chi connectivity index (χ0n) is 13.0. The minimum atomic E-state index is -2.41. The molecule has 124 valence electrons. The molecule has 1 rings (SSSR count). The fraction of sp³-hybridized carbons (Fsp3) is 0.929. The van der Waals surface area contributed by atoms with Gasteiger partial charge in [-0.15, -0.1) is 0 Å². The highest BCUT2D eigenvalue weighted by Crippen LogP contribution is 2.15. The van der Waals surface area contributed by atoms with E-state index in [9.17, 15) is 13.6 Å². The van der Waals surface area contributed by atoms with Crippen LogP contribution in [0.2, 0.25) is 0 Å². The first-order valence-corrected chi connectivity index (χ1v) is 7.35. The third-order valence-corrected chi connectivity index (χ3v) is 3.07. The summed E-state index contributed by atoms with van der Waals surface area (Å²) in [5.41, 5.74) is -0.478. The van der Waals surface area contributed by atoms with Crippen molar-refractivity contribution < 1.29 is 23.0 Å². The van der Waals surface area contributed by atoms with Crippen LogP contribution in [0.1, 0.15) is 33.6 Å². The SMILES string of the molecule is CC(C)(C)OC(=O)N1CCC(NCCOCC(F)F)CC1. The molecular weight excluding hydrogens is 282 g/mol. The second kappa shape index (κ2) is 8.48. The molecule has 1 N–H and O–H groups in total. The van der Waals surface area contributed by atoms with Crippen LogP contribution in [-0.4, -0.2) is 61.9 Å². The number of hydrogen-bond donors (Lipinski definition) is 1. The molecule has 0 atom stereocenters. The molecule has 1 aliphatic heterocycles. The Morgan fingerprint density at radius 2 is 1.95 bits per heavy atom. The molecule has 1 saturated heterocycles. The molecule has 0 aromatic rings. The monoisotopic (exact) mass is 308 g/mol. The summed E-state index contributed by atoms with van der Waals surface area (Å²) in [7, 11) is 0. The lowest BCUT2D eigenvalue weighted by Crippen LogP contribution is -2.47. The zero-order valence-corrected chi connectivity index (χ0v) is 13.0. The molecule has 0 spiro atoms. The van der Waals surface area contributed by atoms with Crippen LogP contribution >= 0.6 is 0 Å². The van der Waals surface area contributed by atoms with Gasteiger partial charge in [-0.25, -0.2) is 13.6 Å². The molecule has 21 heavy (non-hydrogen) atoms. The van der Waals surface area contributed by atoms with Gasteiger partial charge < -0.3 is 19.7 Å². The van der Waals surface area contributed by atoms with Gasteiger partial charge in [-0.1, -0.05) is 0 Å². The molecule has 7 heteroatoms. The number of ether oxygens (including phenoxy) is 2. The minimum Gasteiger partial charge on any atom is -0.444 e. The van der Waals surface area contributed by atoms with Crippen LogP contribution in [0.4, 0.5) is 13.6 Å². The van der Waals surface area contributed by atoms with Crippen LogP contribution in [-0.2, 0) is 9.47 Å².